The Bertz CT molecular complexity index is 1060. The van der Waals surface area contributed by atoms with E-state index in [2.05, 4.69) is 10.6 Å². The van der Waals surface area contributed by atoms with Crippen LogP contribution in [0.15, 0.2) is 60.0 Å². The van der Waals surface area contributed by atoms with Crippen LogP contribution in [0.25, 0.3) is 0 Å². The molecular weight excluding hydrogens is 415 g/mol. The molecular formula is C21H18F3N3O2S. The van der Waals surface area contributed by atoms with E-state index in [1.807, 2.05) is 0 Å². The van der Waals surface area contributed by atoms with Crippen molar-refractivity contribution in [1.82, 2.24) is 0 Å². The Labute approximate surface area is 175 Å². The largest absolute Gasteiger partial charge is 0.416 e. The van der Waals surface area contributed by atoms with Crippen LogP contribution in [0.3, 0.4) is 0 Å². The van der Waals surface area contributed by atoms with E-state index >= 15 is 0 Å². The number of amides is 2. The molecule has 0 aliphatic carbocycles. The van der Waals surface area contributed by atoms with Crippen molar-refractivity contribution in [1.29, 1.82) is 0 Å². The molecule has 2 N–H and O–H groups in total. The van der Waals surface area contributed by atoms with Crippen molar-refractivity contribution in [3.63, 3.8) is 0 Å². The quantitative estimate of drug-likeness (QED) is 0.571. The number of halogens is 3. The average molecular weight is 433 g/mol. The number of carbonyl (C=O) groups is 2. The van der Waals surface area contributed by atoms with Crippen molar-refractivity contribution < 1.29 is 22.8 Å². The number of nitrogens with one attached hydrogen (secondary N) is 2. The van der Waals surface area contributed by atoms with Gasteiger partial charge in [0.15, 0.2) is 0 Å². The minimum absolute atomic E-state index is 0.0350. The predicted molar refractivity (Wildman–Crippen MR) is 112 cm³/mol. The molecule has 0 spiro atoms. The predicted octanol–water partition coefficient (Wildman–Crippen LogP) is 5.34. The molecule has 0 bridgehead atoms. The number of rotatable bonds is 5. The van der Waals surface area contributed by atoms with Crippen LogP contribution in [0.1, 0.15) is 25.6 Å². The molecule has 0 aliphatic heterocycles. The third-order valence-corrected chi connectivity index (χ3v) is 5.05. The molecule has 0 saturated heterocycles. The lowest BCUT2D eigenvalue weighted by Gasteiger charge is -2.20. The molecule has 3 rings (SSSR count). The van der Waals surface area contributed by atoms with E-state index in [0.717, 1.165) is 12.1 Å². The fraction of sp³-hybridized carbons (Fsp3) is 0.143. The number of hydrogen-bond donors (Lipinski definition) is 2. The highest BCUT2D eigenvalue weighted by Gasteiger charge is 2.31. The van der Waals surface area contributed by atoms with Gasteiger partial charge in [-0.1, -0.05) is 12.1 Å². The van der Waals surface area contributed by atoms with Crippen molar-refractivity contribution in [3.8, 4) is 0 Å². The molecule has 0 atom stereocenters. The summed E-state index contributed by atoms with van der Waals surface area (Å²) in [7, 11) is 3.33. The van der Waals surface area contributed by atoms with E-state index in [4.69, 9.17) is 0 Å². The molecule has 0 fully saturated rings. The third kappa shape index (κ3) is 4.98. The van der Waals surface area contributed by atoms with Crippen molar-refractivity contribution >= 4 is 40.2 Å². The molecule has 0 saturated carbocycles. The Morgan fingerprint density at radius 3 is 2.33 bits per heavy atom. The van der Waals surface area contributed by atoms with E-state index in [0.29, 0.717) is 16.3 Å². The number of benzene rings is 2. The van der Waals surface area contributed by atoms with E-state index in [1.54, 1.807) is 48.6 Å². The fourth-order valence-electron chi connectivity index (χ4n) is 2.74. The zero-order valence-corrected chi connectivity index (χ0v) is 16.9. The van der Waals surface area contributed by atoms with Gasteiger partial charge in [0.25, 0.3) is 11.8 Å². The van der Waals surface area contributed by atoms with E-state index in [9.17, 15) is 22.8 Å². The number of carbonyl (C=O) groups excluding carboxylic acids is 2. The van der Waals surface area contributed by atoms with E-state index in [-0.39, 0.29) is 17.2 Å². The maximum absolute atomic E-state index is 13.1. The molecule has 0 aliphatic rings. The van der Waals surface area contributed by atoms with Crippen LogP contribution < -0.4 is 15.5 Å². The smallest absolute Gasteiger partial charge is 0.376 e. The summed E-state index contributed by atoms with van der Waals surface area (Å²) in [6.45, 7) is 0. The van der Waals surface area contributed by atoms with E-state index < -0.39 is 17.6 Å². The summed E-state index contributed by atoms with van der Waals surface area (Å²) < 4.78 is 39.3. The van der Waals surface area contributed by atoms with Crippen LogP contribution in [0, 0.1) is 0 Å². The second-order valence-electron chi connectivity index (χ2n) is 6.59. The summed E-state index contributed by atoms with van der Waals surface area (Å²) in [5, 5.41) is 7.01. The van der Waals surface area contributed by atoms with Gasteiger partial charge in [-0.2, -0.15) is 13.2 Å². The summed E-state index contributed by atoms with van der Waals surface area (Å²) >= 11 is 1.28. The fourth-order valence-corrected chi connectivity index (χ4v) is 3.35. The van der Waals surface area contributed by atoms with Crippen LogP contribution in [-0.4, -0.2) is 25.9 Å². The van der Waals surface area contributed by atoms with Crippen molar-refractivity contribution in [2.45, 2.75) is 6.18 Å². The standard InChI is InChI=1S/C21H18F3N3O2S/c1-27(2)17-9-8-14(21(22,23)24)12-16(17)26-19(28)13-5-3-6-15(11-13)25-20(29)18-7-4-10-30-18/h3-12H,1-2H3,(H,25,29)(H,26,28). The van der Waals surface area contributed by atoms with Crippen LogP contribution in [0.5, 0.6) is 0 Å². The Morgan fingerprint density at radius 1 is 0.933 bits per heavy atom. The molecule has 156 valence electrons. The van der Waals surface area contributed by atoms with Gasteiger partial charge in [-0.25, -0.2) is 0 Å². The Morgan fingerprint density at radius 2 is 1.70 bits per heavy atom. The van der Waals surface area contributed by atoms with Gasteiger partial charge in [-0.3, -0.25) is 9.59 Å². The third-order valence-electron chi connectivity index (χ3n) is 4.18. The Kier molecular flexibility index (Phi) is 6.12. The molecule has 3 aromatic rings. The van der Waals surface area contributed by atoms with Crippen LogP contribution in [0.2, 0.25) is 0 Å². The van der Waals surface area contributed by atoms with Gasteiger partial charge >= 0.3 is 6.18 Å². The first kappa shape index (κ1) is 21.4. The number of anilines is 3. The van der Waals surface area contributed by atoms with Gasteiger partial charge in [0.1, 0.15) is 0 Å². The first-order valence-electron chi connectivity index (χ1n) is 8.80. The lowest BCUT2D eigenvalue weighted by atomic mass is 10.1. The monoisotopic (exact) mass is 433 g/mol. The van der Waals surface area contributed by atoms with Gasteiger partial charge < -0.3 is 15.5 Å². The molecule has 1 heterocycles. The number of hydrogen-bond acceptors (Lipinski definition) is 4. The molecule has 2 amide bonds. The minimum atomic E-state index is -4.53. The van der Waals surface area contributed by atoms with Gasteiger partial charge in [-0.15, -0.1) is 11.3 Å². The highest BCUT2D eigenvalue weighted by Crippen LogP contribution is 2.35. The molecule has 9 heteroatoms. The topological polar surface area (TPSA) is 61.4 Å². The maximum atomic E-state index is 13.1. The normalized spacial score (nSPS) is 11.1. The van der Waals surface area contributed by atoms with Gasteiger partial charge in [0, 0.05) is 25.3 Å². The molecule has 0 unspecified atom stereocenters. The first-order valence-corrected chi connectivity index (χ1v) is 9.68. The van der Waals surface area contributed by atoms with Gasteiger partial charge in [-0.05, 0) is 47.8 Å². The zero-order valence-electron chi connectivity index (χ0n) is 16.1. The van der Waals surface area contributed by atoms with Gasteiger partial charge in [0.2, 0.25) is 0 Å². The van der Waals surface area contributed by atoms with E-state index in [1.165, 1.54) is 29.5 Å². The lowest BCUT2D eigenvalue weighted by Crippen LogP contribution is -2.18. The van der Waals surface area contributed by atoms with Crippen molar-refractivity contribution in [2.75, 3.05) is 29.6 Å². The van der Waals surface area contributed by atoms with Gasteiger partial charge in [0.05, 0.1) is 21.8 Å². The second kappa shape index (κ2) is 8.58. The molecule has 1 aromatic heterocycles. The van der Waals surface area contributed by atoms with Crippen LogP contribution in [-0.2, 0) is 6.18 Å². The number of alkyl halides is 3. The van der Waals surface area contributed by atoms with Crippen LogP contribution in [0.4, 0.5) is 30.2 Å². The lowest BCUT2D eigenvalue weighted by molar-refractivity contribution is -0.137. The highest BCUT2D eigenvalue weighted by molar-refractivity contribution is 7.12. The molecule has 2 aromatic carbocycles. The second-order valence-corrected chi connectivity index (χ2v) is 7.54. The summed E-state index contributed by atoms with van der Waals surface area (Å²) in [6, 6.07) is 12.8. The molecule has 30 heavy (non-hydrogen) atoms. The highest BCUT2D eigenvalue weighted by atomic mass is 32.1. The van der Waals surface area contributed by atoms with Crippen molar-refractivity contribution in [2.24, 2.45) is 0 Å². The summed E-state index contributed by atoms with van der Waals surface area (Å²) in [4.78, 5) is 27.0. The molecule has 0 radical (unpaired) electrons. The first-order chi connectivity index (χ1) is 14.1. The minimum Gasteiger partial charge on any atom is -0.376 e. The Hall–Kier alpha value is -3.33. The number of thiophene rings is 1. The summed E-state index contributed by atoms with van der Waals surface area (Å²) in [5.41, 5.74) is 0.200. The summed E-state index contributed by atoms with van der Waals surface area (Å²) in [5.74, 6) is -0.903. The summed E-state index contributed by atoms with van der Waals surface area (Å²) in [6.07, 6.45) is -4.53. The average Bonchev–Trinajstić information content (AvgIpc) is 3.22. The van der Waals surface area contributed by atoms with Crippen molar-refractivity contribution in [3.05, 3.63) is 76.0 Å². The SMILES string of the molecule is CN(C)c1ccc(C(F)(F)F)cc1NC(=O)c1cccc(NC(=O)c2cccs2)c1. The number of nitrogens with zero attached hydrogens (tertiary/aromatic N) is 1. The zero-order chi connectivity index (χ0) is 21.9. The maximum Gasteiger partial charge on any atom is 0.416 e. The Balaban J connectivity index is 1.83. The molecule has 5 nitrogen and oxygen atoms in total. The van der Waals surface area contributed by atoms with Crippen LogP contribution >= 0.6 is 11.3 Å².